The molecule has 0 spiro atoms. The molecule has 6 heteroatoms. The summed E-state index contributed by atoms with van der Waals surface area (Å²) in [5.41, 5.74) is 0. The number of rotatable bonds is 42. The van der Waals surface area contributed by atoms with Gasteiger partial charge in [-0.05, 0) is 64.2 Å². The van der Waals surface area contributed by atoms with Crippen LogP contribution in [0.2, 0.25) is 0 Å². The highest BCUT2D eigenvalue weighted by Crippen LogP contribution is 2.15. The van der Waals surface area contributed by atoms with Crippen LogP contribution in [0.5, 0.6) is 0 Å². The molecule has 0 heterocycles. The molecule has 0 aliphatic rings. The van der Waals surface area contributed by atoms with Gasteiger partial charge in [0.15, 0.2) is 6.10 Å². The first-order valence-electron chi connectivity index (χ1n) is 24.3. The van der Waals surface area contributed by atoms with Gasteiger partial charge in [-0.3, -0.25) is 14.4 Å². The third-order valence-electron chi connectivity index (χ3n) is 9.96. The van der Waals surface area contributed by atoms with E-state index < -0.39 is 6.10 Å². The Labute approximate surface area is 368 Å². The van der Waals surface area contributed by atoms with E-state index in [4.69, 9.17) is 14.2 Å². The van der Waals surface area contributed by atoms with E-state index in [2.05, 4.69) is 63.3 Å². The van der Waals surface area contributed by atoms with Gasteiger partial charge in [-0.15, -0.1) is 0 Å². The van der Waals surface area contributed by atoms with Crippen LogP contribution in [0.1, 0.15) is 207 Å². The average molecular weight is 833 g/mol. The molecule has 0 saturated carbocycles. The van der Waals surface area contributed by atoms with Gasteiger partial charge in [0, 0.05) is 19.3 Å². The molecule has 0 aliphatic carbocycles. The highest BCUT2D eigenvalue weighted by atomic mass is 16.6. The number of carbonyl (C=O) groups is 3. The van der Waals surface area contributed by atoms with Crippen molar-refractivity contribution >= 4 is 17.9 Å². The summed E-state index contributed by atoms with van der Waals surface area (Å²) in [4.78, 5) is 37.8. The van der Waals surface area contributed by atoms with Gasteiger partial charge in [0.25, 0.3) is 0 Å². The van der Waals surface area contributed by atoms with Crippen LogP contribution in [0.3, 0.4) is 0 Å². The van der Waals surface area contributed by atoms with Crippen molar-refractivity contribution in [2.45, 2.75) is 213 Å². The van der Waals surface area contributed by atoms with Crippen molar-refractivity contribution in [1.82, 2.24) is 0 Å². The lowest BCUT2D eigenvalue weighted by Gasteiger charge is -2.18. The van der Waals surface area contributed by atoms with E-state index in [-0.39, 0.29) is 44.0 Å². The maximum atomic E-state index is 12.8. The molecule has 0 radical (unpaired) electrons. The summed E-state index contributed by atoms with van der Waals surface area (Å²) in [6.45, 7) is 6.28. The van der Waals surface area contributed by atoms with Gasteiger partial charge in [-0.25, -0.2) is 0 Å². The Hall–Kier alpha value is -3.67. The van der Waals surface area contributed by atoms with E-state index in [0.29, 0.717) is 12.8 Å². The second kappa shape index (κ2) is 48.0. The van der Waals surface area contributed by atoms with Gasteiger partial charge in [0.1, 0.15) is 13.2 Å². The van der Waals surface area contributed by atoms with Gasteiger partial charge in [-0.1, -0.05) is 221 Å². The van der Waals surface area contributed by atoms with E-state index in [0.717, 1.165) is 83.5 Å². The van der Waals surface area contributed by atoms with Gasteiger partial charge in [0.2, 0.25) is 0 Å². The molecule has 0 aromatic carbocycles. The Bertz CT molecular complexity index is 1230. The lowest BCUT2D eigenvalue weighted by Crippen LogP contribution is -2.30. The first-order chi connectivity index (χ1) is 29.5. The second-order valence-corrected chi connectivity index (χ2v) is 15.7. The summed E-state index contributed by atoms with van der Waals surface area (Å²) < 4.78 is 16.7. The fourth-order valence-corrected chi connectivity index (χ4v) is 6.37. The molecule has 1 unspecified atom stereocenters. The first kappa shape index (κ1) is 56.3. The largest absolute Gasteiger partial charge is 0.462 e. The lowest BCUT2D eigenvalue weighted by molar-refractivity contribution is -0.167. The number of carbonyl (C=O) groups excluding carboxylic acids is 3. The minimum atomic E-state index is -0.816. The third-order valence-corrected chi connectivity index (χ3v) is 9.96. The quantitative estimate of drug-likeness (QED) is 0.0200. The zero-order valence-electron chi connectivity index (χ0n) is 38.7. The molecular weight excluding hydrogens is 745 g/mol. The van der Waals surface area contributed by atoms with Gasteiger partial charge < -0.3 is 14.2 Å². The molecule has 6 nitrogen and oxygen atoms in total. The zero-order valence-corrected chi connectivity index (χ0v) is 38.7. The molecule has 0 bridgehead atoms. The Morgan fingerprint density at radius 3 is 1.27 bits per heavy atom. The molecule has 1 atom stereocenters. The molecule has 0 aromatic heterocycles. The summed E-state index contributed by atoms with van der Waals surface area (Å²) in [6, 6.07) is 0. The molecule has 0 rings (SSSR count). The molecule has 0 N–H and O–H groups in total. The Kier molecular flexibility index (Phi) is 45.1. The van der Waals surface area contributed by atoms with E-state index in [9.17, 15) is 14.4 Å². The Balaban J connectivity index is 4.52. The van der Waals surface area contributed by atoms with Crippen LogP contribution >= 0.6 is 0 Å². The number of unbranched alkanes of at least 4 members (excludes halogenated alkanes) is 19. The number of ether oxygens (including phenoxy) is 3. The third kappa shape index (κ3) is 45.4. The summed E-state index contributed by atoms with van der Waals surface area (Å²) in [7, 11) is 0. The van der Waals surface area contributed by atoms with Crippen molar-refractivity contribution in [3.05, 3.63) is 97.2 Å². The number of esters is 3. The molecule has 0 aromatic rings. The topological polar surface area (TPSA) is 78.9 Å². The zero-order chi connectivity index (χ0) is 43.7. The highest BCUT2D eigenvalue weighted by molar-refractivity contribution is 5.71. The fourth-order valence-electron chi connectivity index (χ4n) is 6.37. The first-order valence-corrected chi connectivity index (χ1v) is 24.3. The van der Waals surface area contributed by atoms with Crippen molar-refractivity contribution in [3.8, 4) is 0 Å². The van der Waals surface area contributed by atoms with E-state index in [1.54, 1.807) is 0 Å². The Morgan fingerprint density at radius 2 is 0.750 bits per heavy atom. The molecule has 340 valence electrons. The molecule has 0 aliphatic heterocycles. The number of hydrogen-bond acceptors (Lipinski definition) is 6. The smallest absolute Gasteiger partial charge is 0.306 e. The lowest BCUT2D eigenvalue weighted by atomic mass is 10.0. The fraction of sp³-hybridized carbons (Fsp3) is 0.648. The molecule has 0 fully saturated rings. The summed E-state index contributed by atoms with van der Waals surface area (Å²) in [5.74, 6) is -1.01. The normalized spacial score (nSPS) is 12.9. The van der Waals surface area contributed by atoms with Crippen molar-refractivity contribution < 1.29 is 28.6 Å². The number of allylic oxidation sites excluding steroid dienone is 16. The molecule has 0 amide bonds. The van der Waals surface area contributed by atoms with Crippen LogP contribution in [-0.2, 0) is 28.6 Å². The van der Waals surface area contributed by atoms with Gasteiger partial charge in [0.05, 0.1) is 0 Å². The standard InChI is InChI=1S/C54H88O6/c1-4-7-10-13-16-19-22-25-27-30-32-35-38-41-44-47-53(56)59-50-51(49-58-52(55)46-43-40-37-34-31-28-24-21-18-15-12-9-6-3)60-54(57)48-45-42-39-36-33-29-26-23-20-17-14-11-8-5-2/h8-9,11-12,15,17-18,20-21,24,26,28-29,31,34,37,51H,4-7,10,13-14,16,19,22-23,25,27,30,32-33,35-36,38-50H2,1-3H3/b11-8+,12-9+,18-15+,20-17+,24-21+,29-26+,31-28+,37-34+. The summed E-state index contributed by atoms with van der Waals surface area (Å²) in [6.07, 6.45) is 62.5. The van der Waals surface area contributed by atoms with Crippen LogP contribution in [0.4, 0.5) is 0 Å². The van der Waals surface area contributed by atoms with Crippen molar-refractivity contribution in [2.24, 2.45) is 0 Å². The molecule has 0 saturated heterocycles. The summed E-state index contributed by atoms with van der Waals surface area (Å²) in [5, 5.41) is 0. The van der Waals surface area contributed by atoms with Crippen LogP contribution in [0.25, 0.3) is 0 Å². The maximum Gasteiger partial charge on any atom is 0.306 e. The van der Waals surface area contributed by atoms with Crippen LogP contribution in [-0.4, -0.2) is 37.2 Å². The predicted octanol–water partition coefficient (Wildman–Crippen LogP) is 15.8. The average Bonchev–Trinajstić information content (AvgIpc) is 3.24. The van der Waals surface area contributed by atoms with Crippen LogP contribution < -0.4 is 0 Å². The van der Waals surface area contributed by atoms with Crippen molar-refractivity contribution in [2.75, 3.05) is 13.2 Å². The van der Waals surface area contributed by atoms with Crippen molar-refractivity contribution in [1.29, 1.82) is 0 Å². The summed E-state index contributed by atoms with van der Waals surface area (Å²) >= 11 is 0. The minimum Gasteiger partial charge on any atom is -0.462 e. The number of hydrogen-bond donors (Lipinski definition) is 0. The molecular formula is C54H88O6. The SMILES string of the molecule is CC/C=C/C=C/C=C/C=C/C=C/CCCC(=O)OCC(COC(=O)CCCCCCCCCCCCCCCCC)OC(=O)CCCCCC/C=C/C/C=C/C/C=C/CC. The van der Waals surface area contributed by atoms with E-state index in [1.807, 2.05) is 54.7 Å². The second-order valence-electron chi connectivity index (χ2n) is 15.7. The van der Waals surface area contributed by atoms with E-state index >= 15 is 0 Å². The maximum absolute atomic E-state index is 12.8. The van der Waals surface area contributed by atoms with Gasteiger partial charge in [-0.2, -0.15) is 0 Å². The predicted molar refractivity (Wildman–Crippen MR) is 256 cm³/mol. The highest BCUT2D eigenvalue weighted by Gasteiger charge is 2.19. The Morgan fingerprint density at radius 1 is 0.367 bits per heavy atom. The van der Waals surface area contributed by atoms with Gasteiger partial charge >= 0.3 is 17.9 Å². The van der Waals surface area contributed by atoms with E-state index in [1.165, 1.54) is 77.0 Å². The monoisotopic (exact) mass is 833 g/mol. The minimum absolute atomic E-state index is 0.109. The van der Waals surface area contributed by atoms with Crippen LogP contribution in [0, 0.1) is 0 Å². The van der Waals surface area contributed by atoms with Crippen LogP contribution in [0.15, 0.2) is 97.2 Å². The van der Waals surface area contributed by atoms with Crippen molar-refractivity contribution in [3.63, 3.8) is 0 Å². The molecule has 60 heavy (non-hydrogen) atoms.